The molecule has 1 amide bonds. The third-order valence-corrected chi connectivity index (χ3v) is 6.60. The van der Waals surface area contributed by atoms with Crippen molar-refractivity contribution < 1.29 is 37.7 Å². The smallest absolute Gasteiger partial charge is 0.326 e. The Labute approximate surface area is 235 Å². The molecule has 0 aliphatic rings. The Morgan fingerprint density at radius 2 is 1.68 bits per heavy atom. The molecule has 41 heavy (non-hydrogen) atoms. The van der Waals surface area contributed by atoms with Gasteiger partial charge in [-0.1, -0.05) is 18.2 Å². The van der Waals surface area contributed by atoms with Crippen LogP contribution in [0.15, 0.2) is 54.7 Å². The van der Waals surface area contributed by atoms with Crippen LogP contribution in [0.25, 0.3) is 22.0 Å². The Morgan fingerprint density at radius 3 is 2.27 bits per heavy atom. The first-order chi connectivity index (χ1) is 19.7. The maximum atomic E-state index is 14.4. The van der Waals surface area contributed by atoms with E-state index in [1.807, 2.05) is 25.1 Å². The van der Waals surface area contributed by atoms with Crippen molar-refractivity contribution in [2.75, 3.05) is 20.8 Å². The van der Waals surface area contributed by atoms with E-state index in [-0.39, 0.29) is 6.42 Å². The Morgan fingerprint density at radius 1 is 1.02 bits per heavy atom. The molecule has 1 aromatic heterocycles. The number of halogens is 2. The first-order valence-electron chi connectivity index (χ1n) is 12.9. The molecule has 8 nitrogen and oxygen atoms in total. The van der Waals surface area contributed by atoms with Gasteiger partial charge in [0.05, 0.1) is 31.9 Å². The number of amides is 1. The second-order valence-corrected chi connectivity index (χ2v) is 9.36. The summed E-state index contributed by atoms with van der Waals surface area (Å²) in [7, 11) is 3.11. The summed E-state index contributed by atoms with van der Waals surface area (Å²) < 4.78 is 45.7. The third-order valence-electron chi connectivity index (χ3n) is 6.60. The van der Waals surface area contributed by atoms with Crippen molar-refractivity contribution in [2.45, 2.75) is 32.9 Å². The Kier molecular flexibility index (Phi) is 9.14. The molecule has 0 spiro atoms. The first kappa shape index (κ1) is 29.4. The van der Waals surface area contributed by atoms with Gasteiger partial charge in [0, 0.05) is 24.6 Å². The molecule has 0 saturated heterocycles. The second-order valence-electron chi connectivity index (χ2n) is 9.36. The monoisotopic (exact) mass is 564 g/mol. The van der Waals surface area contributed by atoms with Crippen LogP contribution in [0.2, 0.25) is 0 Å². The van der Waals surface area contributed by atoms with E-state index in [1.165, 1.54) is 6.92 Å². The maximum Gasteiger partial charge on any atom is 0.326 e. The molecule has 0 unspecified atom stereocenters. The molecular weight excluding hydrogens is 534 g/mol. The fourth-order valence-electron chi connectivity index (χ4n) is 4.72. The summed E-state index contributed by atoms with van der Waals surface area (Å²) in [5.41, 5.74) is 2.72. The number of carbonyl (C=O) groups is 2. The molecule has 4 rings (SSSR count). The van der Waals surface area contributed by atoms with Crippen molar-refractivity contribution in [1.82, 2.24) is 10.3 Å². The highest BCUT2D eigenvalue weighted by atomic mass is 19.1. The number of ether oxygens (including phenoxy) is 3. The van der Waals surface area contributed by atoms with E-state index in [9.17, 15) is 23.5 Å². The van der Waals surface area contributed by atoms with Crippen LogP contribution in [0.4, 0.5) is 8.78 Å². The summed E-state index contributed by atoms with van der Waals surface area (Å²) in [5, 5.41) is 12.8. The molecule has 0 radical (unpaired) electrons. The van der Waals surface area contributed by atoms with Crippen molar-refractivity contribution in [1.29, 1.82) is 0 Å². The number of methoxy groups -OCH3 is 2. The maximum absolute atomic E-state index is 14.4. The summed E-state index contributed by atoms with van der Waals surface area (Å²) in [6, 6.07) is 11.3. The van der Waals surface area contributed by atoms with Gasteiger partial charge >= 0.3 is 5.97 Å². The van der Waals surface area contributed by atoms with Crippen LogP contribution >= 0.6 is 0 Å². The number of hydrogen-bond acceptors (Lipinski definition) is 6. The van der Waals surface area contributed by atoms with Crippen LogP contribution < -0.4 is 14.8 Å². The minimum atomic E-state index is -1.49. The van der Waals surface area contributed by atoms with Gasteiger partial charge < -0.3 is 24.6 Å². The first-order valence-corrected chi connectivity index (χ1v) is 12.9. The van der Waals surface area contributed by atoms with Crippen LogP contribution in [-0.4, -0.2) is 48.8 Å². The average molecular weight is 565 g/mol. The van der Waals surface area contributed by atoms with Gasteiger partial charge in [-0.3, -0.25) is 9.78 Å². The summed E-state index contributed by atoms with van der Waals surface area (Å²) in [5.74, 6) is -3.58. The van der Waals surface area contributed by atoms with Gasteiger partial charge in [0.15, 0.2) is 0 Å². The predicted octanol–water partition coefficient (Wildman–Crippen LogP) is 5.47. The number of benzene rings is 3. The number of pyridine rings is 1. The number of rotatable bonds is 11. The highest BCUT2D eigenvalue weighted by Crippen LogP contribution is 2.43. The van der Waals surface area contributed by atoms with Crippen LogP contribution in [0.3, 0.4) is 0 Å². The van der Waals surface area contributed by atoms with Crippen molar-refractivity contribution in [3.8, 4) is 22.6 Å². The fourth-order valence-corrected chi connectivity index (χ4v) is 4.72. The van der Waals surface area contributed by atoms with E-state index < -0.39 is 35.1 Å². The van der Waals surface area contributed by atoms with Gasteiger partial charge in [-0.2, -0.15) is 0 Å². The molecule has 0 fully saturated rings. The van der Waals surface area contributed by atoms with Gasteiger partial charge in [0.25, 0.3) is 5.91 Å². The van der Waals surface area contributed by atoms with E-state index in [2.05, 4.69) is 10.3 Å². The normalized spacial score (nSPS) is 11.8. The third kappa shape index (κ3) is 6.28. The number of aliphatic carboxylic acids is 1. The molecule has 0 saturated carbocycles. The van der Waals surface area contributed by atoms with E-state index in [0.717, 1.165) is 23.3 Å². The Bertz CT molecular complexity index is 1560. The molecule has 0 aliphatic carbocycles. The summed E-state index contributed by atoms with van der Waals surface area (Å²) >= 11 is 0. The minimum Gasteiger partial charge on any atom is -0.496 e. The number of aromatic nitrogens is 1. The number of fused-ring (bicyclic) bond motifs is 1. The van der Waals surface area contributed by atoms with E-state index >= 15 is 0 Å². The van der Waals surface area contributed by atoms with Gasteiger partial charge in [0.2, 0.25) is 0 Å². The lowest BCUT2D eigenvalue weighted by Crippen LogP contribution is -2.43. The molecule has 214 valence electrons. The molecule has 10 heteroatoms. The van der Waals surface area contributed by atoms with Gasteiger partial charge in [-0.05, 0) is 66.4 Å². The summed E-state index contributed by atoms with van der Waals surface area (Å²) in [6.07, 6.45) is 1.38. The quantitative estimate of drug-likeness (QED) is 0.249. The molecule has 0 bridgehead atoms. The zero-order valence-corrected chi connectivity index (χ0v) is 23.1. The topological polar surface area (TPSA) is 107 Å². The molecule has 0 aliphatic heterocycles. The highest BCUT2D eigenvalue weighted by molar-refractivity contribution is 6.00. The number of nitrogens with one attached hydrogen (secondary N) is 1. The largest absolute Gasteiger partial charge is 0.496 e. The lowest BCUT2D eigenvalue weighted by atomic mass is 9.93. The number of carbonyl (C=O) groups excluding carboxylic acids is 1. The number of nitrogens with zero attached hydrogens (tertiary/aromatic N) is 1. The molecule has 2 N–H and O–H groups in total. The van der Waals surface area contributed by atoms with E-state index in [4.69, 9.17) is 14.2 Å². The molecular formula is C31H30F2N2O6. The van der Waals surface area contributed by atoms with Crippen molar-refractivity contribution in [3.05, 3.63) is 88.6 Å². The van der Waals surface area contributed by atoms with Crippen LogP contribution in [0.5, 0.6) is 11.5 Å². The van der Waals surface area contributed by atoms with Crippen molar-refractivity contribution in [2.24, 2.45) is 0 Å². The van der Waals surface area contributed by atoms with Gasteiger partial charge in [0.1, 0.15) is 34.7 Å². The molecule has 4 aromatic rings. The second kappa shape index (κ2) is 12.7. The minimum absolute atomic E-state index is 0.189. The lowest BCUT2D eigenvalue weighted by Gasteiger charge is -2.19. The van der Waals surface area contributed by atoms with Crippen LogP contribution in [-0.2, 0) is 22.6 Å². The number of carboxylic acids is 1. The standard InChI is InChI=1S/C31H30F2N2O6/c1-5-41-16-18-13-25(39-3)27(26(14-18)40-4)20-9-8-19(29-21(20)7-6-10-34-29)15-24(31(37)38)35-30(36)28-22(32)11-17(2)12-23(28)33/h6-14,24H,5,15-16H2,1-4H3,(H,35,36)(H,37,38)/t24-/m0/s1. The number of carboxylic acid groups (broad SMARTS) is 1. The number of hydrogen-bond donors (Lipinski definition) is 2. The zero-order chi connectivity index (χ0) is 29.7. The van der Waals surface area contributed by atoms with Crippen molar-refractivity contribution in [3.63, 3.8) is 0 Å². The summed E-state index contributed by atoms with van der Waals surface area (Å²) in [6.45, 7) is 4.32. The SMILES string of the molecule is CCOCc1cc(OC)c(-c2ccc(C[C@H](NC(=O)c3c(F)cc(C)cc3F)C(=O)O)c3ncccc23)c(OC)c1. The van der Waals surface area contributed by atoms with Gasteiger partial charge in [-0.15, -0.1) is 0 Å². The predicted molar refractivity (Wildman–Crippen MR) is 149 cm³/mol. The summed E-state index contributed by atoms with van der Waals surface area (Å²) in [4.78, 5) is 29.4. The van der Waals surface area contributed by atoms with E-state index in [0.29, 0.717) is 52.3 Å². The fraction of sp³-hybridized carbons (Fsp3) is 0.258. The van der Waals surface area contributed by atoms with E-state index in [1.54, 1.807) is 38.6 Å². The lowest BCUT2D eigenvalue weighted by molar-refractivity contribution is -0.139. The van der Waals surface area contributed by atoms with Gasteiger partial charge in [-0.25, -0.2) is 13.6 Å². The molecule has 3 aromatic carbocycles. The van der Waals surface area contributed by atoms with Crippen LogP contribution in [0, 0.1) is 18.6 Å². The molecule has 1 heterocycles. The molecule has 1 atom stereocenters. The Balaban J connectivity index is 1.74. The number of aryl methyl sites for hydroxylation is 1. The van der Waals surface area contributed by atoms with Crippen LogP contribution in [0.1, 0.15) is 34.0 Å². The average Bonchev–Trinajstić information content (AvgIpc) is 2.94. The van der Waals surface area contributed by atoms with Crippen molar-refractivity contribution >= 4 is 22.8 Å². The zero-order valence-electron chi connectivity index (χ0n) is 23.1. The highest BCUT2D eigenvalue weighted by Gasteiger charge is 2.27. The Hall–Kier alpha value is -4.57.